The lowest BCUT2D eigenvalue weighted by molar-refractivity contribution is -0.190. The lowest BCUT2D eigenvalue weighted by Crippen LogP contribution is -2.48. The van der Waals surface area contributed by atoms with Crippen molar-refractivity contribution in [2.45, 2.75) is 57.6 Å². The fourth-order valence-corrected chi connectivity index (χ4v) is 3.81. The van der Waals surface area contributed by atoms with E-state index in [9.17, 15) is 26.3 Å². The van der Waals surface area contributed by atoms with E-state index in [1.54, 1.807) is 20.8 Å². The van der Waals surface area contributed by atoms with Crippen molar-refractivity contribution in [3.8, 4) is 5.75 Å². The number of allylic oxidation sites excluding steroid dienone is 1. The second-order valence-corrected chi connectivity index (χ2v) is 7.67. The molecule has 1 unspecified atom stereocenters. The number of rotatable bonds is 5. The molecule has 0 aliphatic carbocycles. The molecule has 5 nitrogen and oxygen atoms in total. The molecule has 0 saturated carbocycles. The Hall–Kier alpha value is -2.14. The van der Waals surface area contributed by atoms with Crippen LogP contribution >= 0.6 is 0 Å². The Bertz CT molecular complexity index is 853. The maximum absolute atomic E-state index is 14.1. The zero-order valence-electron chi connectivity index (χ0n) is 17.4. The first-order valence-corrected chi connectivity index (χ1v) is 9.75. The minimum atomic E-state index is -4.84. The number of nitrogens with zero attached hydrogens (tertiary/aromatic N) is 1. The van der Waals surface area contributed by atoms with E-state index in [0.29, 0.717) is 6.42 Å². The predicted molar refractivity (Wildman–Crippen MR) is 103 cm³/mol. The van der Waals surface area contributed by atoms with Gasteiger partial charge in [0.05, 0.1) is 34.7 Å². The number of fused-ring (bicyclic) bond motifs is 3. The highest BCUT2D eigenvalue weighted by molar-refractivity contribution is 5.90. The molecular formula is C20H24F6N2O3. The molecule has 0 fully saturated rings. The number of ether oxygens (including phenoxy) is 3. The number of alkyl halides is 6. The Kier molecular flexibility index (Phi) is 6.13. The van der Waals surface area contributed by atoms with Crippen LogP contribution in [0.25, 0.3) is 5.57 Å². The average molecular weight is 454 g/mol. The molecule has 0 spiro atoms. The van der Waals surface area contributed by atoms with Gasteiger partial charge in [-0.05, 0) is 32.4 Å². The van der Waals surface area contributed by atoms with Crippen LogP contribution < -0.4 is 15.0 Å². The molecule has 2 aliphatic rings. The van der Waals surface area contributed by atoms with Crippen LogP contribution in [0.5, 0.6) is 5.75 Å². The SMILES string of the molecule is CC[C@@H]1COc2c(ccc3c2C(C(F)(F)F)=CC(OC)(OC(C)C)N3)N1CC(F)(F)F. The van der Waals surface area contributed by atoms with Gasteiger partial charge < -0.3 is 24.4 Å². The summed E-state index contributed by atoms with van der Waals surface area (Å²) in [5, 5.41) is 2.79. The van der Waals surface area contributed by atoms with Gasteiger partial charge in [0.2, 0.25) is 0 Å². The van der Waals surface area contributed by atoms with Gasteiger partial charge in [0.25, 0.3) is 5.91 Å². The molecule has 11 heteroatoms. The number of hydrogen-bond donors (Lipinski definition) is 1. The van der Waals surface area contributed by atoms with E-state index in [1.807, 2.05) is 0 Å². The normalized spacial score (nSPS) is 23.6. The van der Waals surface area contributed by atoms with E-state index in [-0.39, 0.29) is 29.3 Å². The third kappa shape index (κ3) is 4.72. The summed E-state index contributed by atoms with van der Waals surface area (Å²) in [7, 11) is 1.19. The van der Waals surface area contributed by atoms with Crippen LogP contribution in [-0.4, -0.2) is 50.7 Å². The van der Waals surface area contributed by atoms with Gasteiger partial charge in [-0.3, -0.25) is 0 Å². The number of methoxy groups -OCH3 is 1. The second-order valence-electron chi connectivity index (χ2n) is 7.67. The smallest absolute Gasteiger partial charge is 0.417 e. The maximum atomic E-state index is 14.1. The second kappa shape index (κ2) is 8.09. The Morgan fingerprint density at radius 3 is 2.42 bits per heavy atom. The highest BCUT2D eigenvalue weighted by Gasteiger charge is 2.48. The van der Waals surface area contributed by atoms with Crippen molar-refractivity contribution in [2.75, 3.05) is 30.5 Å². The third-order valence-electron chi connectivity index (χ3n) is 5.06. The van der Waals surface area contributed by atoms with Gasteiger partial charge in [-0.15, -0.1) is 0 Å². The summed E-state index contributed by atoms with van der Waals surface area (Å²) in [5.41, 5.74) is -1.53. The van der Waals surface area contributed by atoms with Crippen LogP contribution in [0.2, 0.25) is 0 Å². The zero-order valence-corrected chi connectivity index (χ0v) is 17.4. The Balaban J connectivity index is 2.19. The standard InChI is InChI=1S/C20H24F6N2O3/c1-5-12-9-30-17-15(28(12)10-18(21,22)23)7-6-14-16(17)13(20(24,25)26)8-19(27-14,29-4)31-11(2)3/h6-8,11-12,27H,5,9-10H2,1-4H3/t12-,19?/m1/s1. The van der Waals surface area contributed by atoms with Gasteiger partial charge in [-0.1, -0.05) is 6.92 Å². The first kappa shape index (κ1) is 23.5. The summed E-state index contributed by atoms with van der Waals surface area (Å²) in [6, 6.07) is 1.99. The van der Waals surface area contributed by atoms with Crippen LogP contribution in [0.15, 0.2) is 18.2 Å². The largest absolute Gasteiger partial charge is 0.489 e. The summed E-state index contributed by atoms with van der Waals surface area (Å²) in [4.78, 5) is 1.05. The highest BCUT2D eigenvalue weighted by atomic mass is 19.4. The number of anilines is 2. The van der Waals surface area contributed by atoms with Crippen molar-refractivity contribution in [1.29, 1.82) is 0 Å². The molecule has 1 aromatic carbocycles. The summed E-state index contributed by atoms with van der Waals surface area (Å²) >= 11 is 0. The van der Waals surface area contributed by atoms with Gasteiger partial charge in [0, 0.05) is 13.2 Å². The van der Waals surface area contributed by atoms with E-state index in [0.717, 1.165) is 11.0 Å². The minimum absolute atomic E-state index is 0.0158. The molecule has 2 aliphatic heterocycles. The van der Waals surface area contributed by atoms with E-state index in [2.05, 4.69) is 5.32 Å². The molecule has 174 valence electrons. The molecule has 2 heterocycles. The number of halogens is 6. The van der Waals surface area contributed by atoms with Crippen LogP contribution in [0.3, 0.4) is 0 Å². The van der Waals surface area contributed by atoms with Crippen molar-refractivity contribution >= 4 is 16.9 Å². The molecule has 1 N–H and O–H groups in total. The van der Waals surface area contributed by atoms with E-state index >= 15 is 0 Å². The summed E-state index contributed by atoms with van der Waals surface area (Å²) < 4.78 is 98.2. The Morgan fingerprint density at radius 1 is 1.23 bits per heavy atom. The molecule has 0 bridgehead atoms. The van der Waals surface area contributed by atoms with E-state index in [4.69, 9.17) is 14.2 Å². The van der Waals surface area contributed by atoms with E-state index < -0.39 is 42.5 Å². The van der Waals surface area contributed by atoms with Gasteiger partial charge in [0.15, 0.2) is 5.75 Å². The van der Waals surface area contributed by atoms with Crippen LogP contribution in [0.1, 0.15) is 32.8 Å². The molecule has 0 saturated heterocycles. The monoisotopic (exact) mass is 454 g/mol. The van der Waals surface area contributed by atoms with Crippen LogP contribution in [-0.2, 0) is 9.47 Å². The number of benzene rings is 1. The van der Waals surface area contributed by atoms with Gasteiger partial charge in [-0.25, -0.2) is 0 Å². The fourth-order valence-electron chi connectivity index (χ4n) is 3.81. The van der Waals surface area contributed by atoms with Crippen molar-refractivity contribution < 1.29 is 40.6 Å². The minimum Gasteiger partial charge on any atom is -0.489 e. The molecule has 2 atom stereocenters. The Morgan fingerprint density at radius 2 is 1.90 bits per heavy atom. The topological polar surface area (TPSA) is 43.0 Å². The molecule has 3 rings (SSSR count). The predicted octanol–water partition coefficient (Wildman–Crippen LogP) is 5.32. The van der Waals surface area contributed by atoms with Crippen molar-refractivity contribution in [2.24, 2.45) is 0 Å². The van der Waals surface area contributed by atoms with Gasteiger partial charge in [-0.2, -0.15) is 26.3 Å². The summed E-state index contributed by atoms with van der Waals surface area (Å²) in [6.07, 6.45) is -8.77. The van der Waals surface area contributed by atoms with Gasteiger partial charge in [0.1, 0.15) is 13.2 Å². The quantitative estimate of drug-likeness (QED) is 0.482. The summed E-state index contributed by atoms with van der Waals surface area (Å²) in [6.45, 7) is 3.50. The van der Waals surface area contributed by atoms with Gasteiger partial charge >= 0.3 is 12.4 Å². The molecule has 0 aromatic heterocycles. The molecule has 0 amide bonds. The first-order valence-electron chi connectivity index (χ1n) is 9.75. The van der Waals surface area contributed by atoms with E-state index in [1.165, 1.54) is 19.2 Å². The lowest BCUT2D eigenvalue weighted by Gasteiger charge is -2.42. The molecule has 0 radical (unpaired) electrons. The van der Waals surface area contributed by atoms with Crippen LogP contribution in [0, 0.1) is 0 Å². The van der Waals surface area contributed by atoms with Crippen molar-refractivity contribution in [1.82, 2.24) is 0 Å². The lowest BCUT2D eigenvalue weighted by atomic mass is 9.94. The number of hydrogen-bond acceptors (Lipinski definition) is 5. The number of nitrogens with one attached hydrogen (secondary N) is 1. The van der Waals surface area contributed by atoms with Crippen molar-refractivity contribution in [3.63, 3.8) is 0 Å². The average Bonchev–Trinajstić information content (AvgIpc) is 2.64. The third-order valence-corrected chi connectivity index (χ3v) is 5.06. The zero-order chi connectivity index (χ0) is 23.2. The molecule has 31 heavy (non-hydrogen) atoms. The fraction of sp³-hybridized carbons (Fsp3) is 0.600. The first-order chi connectivity index (χ1) is 14.3. The van der Waals surface area contributed by atoms with Crippen LogP contribution in [0.4, 0.5) is 37.7 Å². The highest BCUT2D eigenvalue weighted by Crippen LogP contribution is 2.52. The summed E-state index contributed by atoms with van der Waals surface area (Å²) in [5.74, 6) is -2.15. The molecule has 1 aromatic rings. The van der Waals surface area contributed by atoms with Crippen molar-refractivity contribution in [3.05, 3.63) is 23.8 Å². The maximum Gasteiger partial charge on any atom is 0.417 e. The molecular weight excluding hydrogens is 430 g/mol. The Labute approximate surface area is 175 Å².